The van der Waals surface area contributed by atoms with Gasteiger partial charge in [0.1, 0.15) is 11.5 Å². The van der Waals surface area contributed by atoms with Gasteiger partial charge in [-0.3, -0.25) is 4.79 Å². The van der Waals surface area contributed by atoms with Crippen LogP contribution >= 0.6 is 0 Å². The topological polar surface area (TPSA) is 59.7 Å². The number of furan rings is 1. The number of ether oxygens (including phenoxy) is 1. The Morgan fingerprint density at radius 3 is 2.58 bits per heavy atom. The molecule has 1 atom stereocenters. The molecule has 0 spiro atoms. The van der Waals surface area contributed by atoms with Crippen LogP contribution in [0, 0.1) is 0 Å². The Morgan fingerprint density at radius 2 is 1.85 bits per heavy atom. The number of hydrogen-bond donors (Lipinski definition) is 1. The average Bonchev–Trinajstić information content (AvgIpc) is 3.10. The fourth-order valence-corrected chi connectivity index (χ4v) is 2.36. The molecule has 1 rings (SSSR count). The number of methoxy groups -OCH3 is 1. The van der Waals surface area contributed by atoms with Crippen LogP contribution in [-0.2, 0) is 9.53 Å². The highest BCUT2D eigenvalue weighted by atomic mass is 16.5. The molecule has 26 heavy (non-hydrogen) atoms. The van der Waals surface area contributed by atoms with Crippen LogP contribution < -0.4 is 0 Å². The van der Waals surface area contributed by atoms with Crippen LogP contribution in [0.5, 0.6) is 0 Å². The standard InChI is InChI=1S/C22H32O4/c1-3-4-5-6-7-9-12-19(23)15-16-21-18-17-20(26-21)13-10-8-11-14-22(24)25-2/h7,9-10,13,15-19,23H,3-6,8,11-12,14H2,1-2H3/b9-7-,13-10+,16-15+. The maximum Gasteiger partial charge on any atom is 0.305 e. The van der Waals surface area contributed by atoms with Crippen molar-refractivity contribution in [3.8, 4) is 0 Å². The number of carbonyl (C=O) groups is 1. The largest absolute Gasteiger partial charge is 0.469 e. The van der Waals surface area contributed by atoms with Crippen molar-refractivity contribution in [3.05, 3.63) is 48.0 Å². The second-order valence-corrected chi connectivity index (χ2v) is 6.24. The number of carbonyl (C=O) groups excluding carboxylic acids is 1. The second kappa shape index (κ2) is 14.1. The van der Waals surface area contributed by atoms with Crippen LogP contribution in [-0.4, -0.2) is 24.3 Å². The van der Waals surface area contributed by atoms with Gasteiger partial charge in [0, 0.05) is 6.42 Å². The Kier molecular flexibility index (Phi) is 11.9. The molecule has 0 aromatic carbocycles. The van der Waals surface area contributed by atoms with E-state index in [1.807, 2.05) is 30.4 Å². The quantitative estimate of drug-likeness (QED) is 0.285. The summed E-state index contributed by atoms with van der Waals surface area (Å²) in [6, 6.07) is 3.76. The summed E-state index contributed by atoms with van der Waals surface area (Å²) in [6.45, 7) is 2.19. The highest BCUT2D eigenvalue weighted by molar-refractivity contribution is 5.69. The Hall–Kier alpha value is -2.07. The van der Waals surface area contributed by atoms with E-state index in [0.29, 0.717) is 18.6 Å². The van der Waals surface area contributed by atoms with Gasteiger partial charge in [-0.2, -0.15) is 0 Å². The lowest BCUT2D eigenvalue weighted by Gasteiger charge is -2.00. The molecule has 1 heterocycles. The molecule has 4 heteroatoms. The molecule has 0 saturated heterocycles. The normalized spacial score (nSPS) is 13.2. The predicted octanol–water partition coefficient (Wildman–Crippen LogP) is 5.54. The Bertz CT molecular complexity index is 581. The summed E-state index contributed by atoms with van der Waals surface area (Å²) in [5, 5.41) is 9.95. The van der Waals surface area contributed by atoms with Crippen molar-refractivity contribution >= 4 is 18.1 Å². The van der Waals surface area contributed by atoms with Gasteiger partial charge in [-0.1, -0.05) is 44.1 Å². The van der Waals surface area contributed by atoms with Crippen molar-refractivity contribution in [1.29, 1.82) is 0 Å². The van der Waals surface area contributed by atoms with E-state index in [1.54, 1.807) is 12.2 Å². The highest BCUT2D eigenvalue weighted by Gasteiger charge is 2.00. The zero-order valence-corrected chi connectivity index (χ0v) is 16.0. The van der Waals surface area contributed by atoms with Crippen molar-refractivity contribution in [2.45, 2.75) is 64.4 Å². The smallest absolute Gasteiger partial charge is 0.305 e. The lowest BCUT2D eigenvalue weighted by molar-refractivity contribution is -0.140. The summed E-state index contributed by atoms with van der Waals surface area (Å²) in [6.07, 6.45) is 18.5. The Labute approximate surface area is 157 Å². The number of esters is 1. The molecule has 0 aliphatic heterocycles. The number of rotatable bonds is 13. The van der Waals surface area contributed by atoms with Crippen molar-refractivity contribution in [3.63, 3.8) is 0 Å². The molecule has 0 fully saturated rings. The van der Waals surface area contributed by atoms with E-state index in [-0.39, 0.29) is 5.97 Å². The van der Waals surface area contributed by atoms with Crippen LogP contribution in [0.2, 0.25) is 0 Å². The monoisotopic (exact) mass is 360 g/mol. The molecule has 0 amide bonds. The van der Waals surface area contributed by atoms with Crippen LogP contribution in [0.4, 0.5) is 0 Å². The number of unbranched alkanes of at least 4 members (excludes halogenated alkanes) is 4. The number of hydrogen-bond acceptors (Lipinski definition) is 4. The van der Waals surface area contributed by atoms with Gasteiger partial charge >= 0.3 is 5.97 Å². The predicted molar refractivity (Wildman–Crippen MR) is 107 cm³/mol. The summed E-state index contributed by atoms with van der Waals surface area (Å²) < 4.78 is 10.3. The zero-order valence-electron chi connectivity index (χ0n) is 16.0. The van der Waals surface area contributed by atoms with Crippen LogP contribution in [0.3, 0.4) is 0 Å². The minimum Gasteiger partial charge on any atom is -0.469 e. The van der Waals surface area contributed by atoms with Crippen molar-refractivity contribution in [2.75, 3.05) is 7.11 Å². The molecule has 4 nitrogen and oxygen atoms in total. The van der Waals surface area contributed by atoms with Crippen LogP contribution in [0.15, 0.2) is 40.9 Å². The summed E-state index contributed by atoms with van der Waals surface area (Å²) in [5.41, 5.74) is 0. The van der Waals surface area contributed by atoms with E-state index in [1.165, 1.54) is 26.4 Å². The minimum atomic E-state index is -0.500. The zero-order chi connectivity index (χ0) is 19.0. The van der Waals surface area contributed by atoms with E-state index in [2.05, 4.69) is 17.7 Å². The van der Waals surface area contributed by atoms with E-state index in [9.17, 15) is 9.90 Å². The molecular formula is C22H32O4. The van der Waals surface area contributed by atoms with E-state index in [4.69, 9.17) is 4.42 Å². The number of allylic oxidation sites excluding steroid dienone is 2. The fraction of sp³-hybridized carbons (Fsp3) is 0.500. The third kappa shape index (κ3) is 10.7. The van der Waals surface area contributed by atoms with Gasteiger partial charge in [0.25, 0.3) is 0 Å². The van der Waals surface area contributed by atoms with Crippen molar-refractivity contribution in [2.24, 2.45) is 0 Å². The lowest BCUT2D eigenvalue weighted by Crippen LogP contribution is -1.98. The summed E-state index contributed by atoms with van der Waals surface area (Å²) in [4.78, 5) is 11.0. The van der Waals surface area contributed by atoms with Crippen LogP contribution in [0.1, 0.15) is 69.8 Å². The molecule has 0 bridgehead atoms. The molecule has 1 aromatic heterocycles. The lowest BCUT2D eigenvalue weighted by atomic mass is 10.1. The SMILES string of the molecule is CCCCC/C=C\CC(O)/C=C/c1ccc(/C=C/CCCC(=O)OC)o1. The number of aliphatic hydroxyl groups is 1. The molecule has 1 aromatic rings. The molecule has 1 unspecified atom stereocenters. The molecule has 0 aliphatic carbocycles. The first-order valence-corrected chi connectivity index (χ1v) is 9.50. The minimum absolute atomic E-state index is 0.182. The Morgan fingerprint density at radius 1 is 1.12 bits per heavy atom. The first-order chi connectivity index (χ1) is 12.7. The molecule has 1 N–H and O–H groups in total. The maximum absolute atomic E-state index is 11.0. The van der Waals surface area contributed by atoms with E-state index >= 15 is 0 Å². The second-order valence-electron chi connectivity index (χ2n) is 6.24. The molecule has 144 valence electrons. The van der Waals surface area contributed by atoms with Crippen molar-refractivity contribution < 1.29 is 19.1 Å². The van der Waals surface area contributed by atoms with Gasteiger partial charge in [0.05, 0.1) is 13.2 Å². The van der Waals surface area contributed by atoms with Gasteiger partial charge < -0.3 is 14.3 Å². The van der Waals surface area contributed by atoms with Gasteiger partial charge in [0.15, 0.2) is 0 Å². The molecular weight excluding hydrogens is 328 g/mol. The third-order valence-electron chi connectivity index (χ3n) is 3.91. The fourth-order valence-electron chi connectivity index (χ4n) is 2.36. The van der Waals surface area contributed by atoms with Gasteiger partial charge in [-0.25, -0.2) is 0 Å². The summed E-state index contributed by atoms with van der Waals surface area (Å²) in [7, 11) is 1.40. The first kappa shape index (κ1) is 22.0. The maximum atomic E-state index is 11.0. The van der Waals surface area contributed by atoms with Crippen molar-refractivity contribution in [1.82, 2.24) is 0 Å². The Balaban J connectivity index is 2.29. The van der Waals surface area contributed by atoms with Gasteiger partial charge in [-0.05, 0) is 56.4 Å². The van der Waals surface area contributed by atoms with E-state index in [0.717, 1.165) is 25.0 Å². The number of aliphatic hydroxyl groups excluding tert-OH is 1. The van der Waals surface area contributed by atoms with Gasteiger partial charge in [0.2, 0.25) is 0 Å². The molecule has 0 radical (unpaired) electrons. The summed E-state index contributed by atoms with van der Waals surface area (Å²) in [5.74, 6) is 1.29. The first-order valence-electron chi connectivity index (χ1n) is 9.50. The van der Waals surface area contributed by atoms with Gasteiger partial charge in [-0.15, -0.1) is 0 Å². The van der Waals surface area contributed by atoms with Crippen LogP contribution in [0.25, 0.3) is 12.2 Å². The summed E-state index contributed by atoms with van der Waals surface area (Å²) >= 11 is 0. The van der Waals surface area contributed by atoms with E-state index < -0.39 is 6.10 Å². The third-order valence-corrected chi connectivity index (χ3v) is 3.91. The highest BCUT2D eigenvalue weighted by Crippen LogP contribution is 2.13. The molecule has 0 aliphatic rings. The molecule has 0 saturated carbocycles. The average molecular weight is 360 g/mol.